The van der Waals surface area contributed by atoms with E-state index in [0.717, 1.165) is 10.7 Å². The Hall–Kier alpha value is -0.730. The van der Waals surface area contributed by atoms with Gasteiger partial charge in [0.15, 0.2) is 0 Å². The molecule has 1 rings (SSSR count). The molecule has 66 valence electrons. The van der Waals surface area contributed by atoms with Crippen molar-refractivity contribution in [1.29, 1.82) is 0 Å². The molecule has 2 nitrogen and oxygen atoms in total. The van der Waals surface area contributed by atoms with Crippen molar-refractivity contribution in [3.05, 3.63) is 29.3 Å². The molecule has 0 saturated heterocycles. The quantitative estimate of drug-likeness (QED) is 0.706. The molecular weight excluding hydrogens is 172 g/mol. The summed E-state index contributed by atoms with van der Waals surface area (Å²) in [5, 5.41) is 0.755. The summed E-state index contributed by atoms with van der Waals surface area (Å²) in [4.78, 5) is 0. The number of halogens is 1. The van der Waals surface area contributed by atoms with Crippen LogP contribution in [0.1, 0.15) is 13.8 Å². The van der Waals surface area contributed by atoms with Crippen LogP contribution in [0.3, 0.4) is 0 Å². The zero-order chi connectivity index (χ0) is 8.97. The van der Waals surface area contributed by atoms with Gasteiger partial charge >= 0.3 is 0 Å². The van der Waals surface area contributed by atoms with Crippen LogP contribution in [0, 0.1) is 0 Å². The largest absolute Gasteiger partial charge is 0.321 e. The molecule has 0 fully saturated rings. The van der Waals surface area contributed by atoms with Gasteiger partial charge in [-0.1, -0.05) is 11.6 Å². The van der Waals surface area contributed by atoms with E-state index >= 15 is 0 Å². The highest BCUT2D eigenvalue weighted by atomic mass is 35.5. The second-order valence-electron chi connectivity index (χ2n) is 2.93. The summed E-state index contributed by atoms with van der Waals surface area (Å²) in [6, 6.07) is 7.98. The molecule has 0 bridgehead atoms. The number of benzene rings is 1. The highest BCUT2D eigenvalue weighted by Gasteiger charge is 1.92. The number of rotatable bonds is 3. The third-order valence-electron chi connectivity index (χ3n) is 1.35. The van der Waals surface area contributed by atoms with E-state index in [1.165, 1.54) is 0 Å². The number of anilines is 1. The van der Waals surface area contributed by atoms with E-state index in [4.69, 9.17) is 11.6 Å². The van der Waals surface area contributed by atoms with E-state index in [1.807, 2.05) is 24.3 Å². The van der Waals surface area contributed by atoms with Gasteiger partial charge in [-0.3, -0.25) is 0 Å². The van der Waals surface area contributed by atoms with Crippen molar-refractivity contribution < 1.29 is 0 Å². The fraction of sp³-hybridized carbons (Fsp3) is 0.333. The minimum atomic E-state index is 0.417. The normalized spacial score (nSPS) is 10.3. The SMILES string of the molecule is CC(C)NNc1ccc(Cl)cc1. The van der Waals surface area contributed by atoms with E-state index < -0.39 is 0 Å². The fourth-order valence-electron chi connectivity index (χ4n) is 0.761. The summed E-state index contributed by atoms with van der Waals surface area (Å²) < 4.78 is 0. The topological polar surface area (TPSA) is 24.1 Å². The average molecular weight is 185 g/mol. The molecule has 12 heavy (non-hydrogen) atoms. The van der Waals surface area contributed by atoms with Crippen molar-refractivity contribution in [2.45, 2.75) is 19.9 Å². The van der Waals surface area contributed by atoms with E-state index in [1.54, 1.807) is 0 Å². The molecule has 0 amide bonds. The van der Waals surface area contributed by atoms with Gasteiger partial charge in [0.25, 0.3) is 0 Å². The Morgan fingerprint density at radius 1 is 1.17 bits per heavy atom. The Bertz CT molecular complexity index is 231. The van der Waals surface area contributed by atoms with Gasteiger partial charge in [-0.15, -0.1) is 0 Å². The first-order chi connectivity index (χ1) is 5.68. The summed E-state index contributed by atoms with van der Waals surface area (Å²) in [5.74, 6) is 0. The molecule has 2 N–H and O–H groups in total. The second-order valence-corrected chi connectivity index (χ2v) is 3.37. The van der Waals surface area contributed by atoms with E-state index in [9.17, 15) is 0 Å². The van der Waals surface area contributed by atoms with Crippen LogP contribution in [0.5, 0.6) is 0 Å². The zero-order valence-corrected chi connectivity index (χ0v) is 8.02. The lowest BCUT2D eigenvalue weighted by Gasteiger charge is -2.10. The van der Waals surface area contributed by atoms with Crippen LogP contribution in [0.25, 0.3) is 0 Å². The van der Waals surface area contributed by atoms with Crippen molar-refractivity contribution in [2.75, 3.05) is 5.43 Å². The molecule has 0 radical (unpaired) electrons. The number of hydrogen-bond acceptors (Lipinski definition) is 2. The first-order valence-corrected chi connectivity index (χ1v) is 4.33. The first-order valence-electron chi connectivity index (χ1n) is 3.95. The molecule has 0 aliphatic rings. The molecule has 3 heteroatoms. The Kier molecular flexibility index (Phi) is 3.38. The van der Waals surface area contributed by atoms with Crippen molar-refractivity contribution in [1.82, 2.24) is 5.43 Å². The molecule has 0 unspecified atom stereocenters. The number of hydrogen-bond donors (Lipinski definition) is 2. The van der Waals surface area contributed by atoms with Gasteiger partial charge in [-0.25, -0.2) is 5.43 Å². The van der Waals surface area contributed by atoms with E-state index in [-0.39, 0.29) is 0 Å². The third kappa shape index (κ3) is 3.11. The van der Waals surface area contributed by atoms with Gasteiger partial charge in [-0.05, 0) is 38.1 Å². The van der Waals surface area contributed by atoms with Crippen molar-refractivity contribution in [3.63, 3.8) is 0 Å². The lowest BCUT2D eigenvalue weighted by molar-refractivity contribution is 0.660. The second kappa shape index (κ2) is 4.33. The molecule has 0 atom stereocenters. The van der Waals surface area contributed by atoms with Crippen molar-refractivity contribution >= 4 is 17.3 Å². The zero-order valence-electron chi connectivity index (χ0n) is 7.26. The highest BCUT2D eigenvalue weighted by Crippen LogP contribution is 2.12. The molecule has 0 spiro atoms. The predicted molar refractivity (Wildman–Crippen MR) is 53.3 cm³/mol. The standard InChI is InChI=1S/C9H13ClN2/c1-7(2)11-12-9-5-3-8(10)4-6-9/h3-7,11-12H,1-2H3. The van der Waals surface area contributed by atoms with E-state index in [0.29, 0.717) is 6.04 Å². The minimum absolute atomic E-state index is 0.417. The predicted octanol–water partition coefficient (Wildman–Crippen LogP) is 2.66. The molecular formula is C9H13ClN2. The smallest absolute Gasteiger partial charge is 0.0488 e. The molecule has 0 saturated carbocycles. The maximum atomic E-state index is 5.73. The van der Waals surface area contributed by atoms with Crippen LogP contribution in [-0.2, 0) is 0 Å². The first kappa shape index (κ1) is 9.36. The summed E-state index contributed by atoms with van der Waals surface area (Å²) in [6.07, 6.45) is 0. The van der Waals surface area contributed by atoms with Crippen molar-refractivity contribution in [2.24, 2.45) is 0 Å². The molecule has 0 aromatic heterocycles. The summed E-state index contributed by atoms with van der Waals surface area (Å²) in [6.45, 7) is 4.14. The maximum Gasteiger partial charge on any atom is 0.0488 e. The van der Waals surface area contributed by atoms with Crippen LogP contribution in [0.15, 0.2) is 24.3 Å². The average Bonchev–Trinajstić information content (AvgIpc) is 2.03. The van der Waals surface area contributed by atoms with Gasteiger partial charge in [0, 0.05) is 16.8 Å². The third-order valence-corrected chi connectivity index (χ3v) is 1.60. The Labute approximate surface area is 77.9 Å². The summed E-state index contributed by atoms with van der Waals surface area (Å²) in [5.41, 5.74) is 7.17. The van der Waals surface area contributed by atoms with Gasteiger partial charge in [0.1, 0.15) is 0 Å². The molecule has 1 aromatic carbocycles. The monoisotopic (exact) mass is 184 g/mol. The van der Waals surface area contributed by atoms with E-state index in [2.05, 4.69) is 24.7 Å². The minimum Gasteiger partial charge on any atom is -0.321 e. The van der Waals surface area contributed by atoms with Crippen LogP contribution in [0.2, 0.25) is 5.02 Å². The Balaban J connectivity index is 2.48. The van der Waals surface area contributed by atoms with Gasteiger partial charge in [0.2, 0.25) is 0 Å². The van der Waals surface area contributed by atoms with Gasteiger partial charge < -0.3 is 5.43 Å². The van der Waals surface area contributed by atoms with Crippen molar-refractivity contribution in [3.8, 4) is 0 Å². The van der Waals surface area contributed by atoms with Crippen LogP contribution in [0.4, 0.5) is 5.69 Å². The molecule has 1 aromatic rings. The molecule has 0 heterocycles. The summed E-state index contributed by atoms with van der Waals surface area (Å²) >= 11 is 5.73. The van der Waals surface area contributed by atoms with Gasteiger partial charge in [-0.2, -0.15) is 0 Å². The Morgan fingerprint density at radius 2 is 1.75 bits per heavy atom. The van der Waals surface area contributed by atoms with Crippen LogP contribution < -0.4 is 10.9 Å². The lowest BCUT2D eigenvalue weighted by atomic mass is 10.3. The maximum absolute atomic E-state index is 5.73. The Morgan fingerprint density at radius 3 is 2.25 bits per heavy atom. The fourth-order valence-corrected chi connectivity index (χ4v) is 0.887. The van der Waals surface area contributed by atoms with Crippen LogP contribution >= 0.6 is 11.6 Å². The summed E-state index contributed by atoms with van der Waals surface area (Å²) in [7, 11) is 0. The lowest BCUT2D eigenvalue weighted by Crippen LogP contribution is -2.28. The molecule has 0 aliphatic carbocycles. The number of nitrogens with one attached hydrogen (secondary N) is 2. The van der Waals surface area contributed by atoms with Crippen LogP contribution in [-0.4, -0.2) is 6.04 Å². The molecule has 0 aliphatic heterocycles. The number of hydrazine groups is 1. The highest BCUT2D eigenvalue weighted by molar-refractivity contribution is 6.30. The van der Waals surface area contributed by atoms with Gasteiger partial charge in [0.05, 0.1) is 0 Å².